The Bertz CT molecular complexity index is 455. The molecule has 0 aliphatic carbocycles. The molecule has 0 spiro atoms. The lowest BCUT2D eigenvalue weighted by atomic mass is 9.87. The number of rotatable bonds is 3. The number of hydrogen-bond acceptors (Lipinski definition) is 4. The normalized spacial score (nSPS) is 11.5. The zero-order valence-corrected chi connectivity index (χ0v) is 10.3. The highest BCUT2D eigenvalue weighted by atomic mass is 16.5. The SMILES string of the molecule is CC(C)(C)c1ccc(OCc2nnco2)cc1. The lowest BCUT2D eigenvalue weighted by Crippen LogP contribution is -2.10. The van der Waals surface area contributed by atoms with Crippen LogP contribution < -0.4 is 4.74 Å². The fourth-order valence-electron chi connectivity index (χ4n) is 1.46. The molecular formula is C13H16N2O2. The van der Waals surface area contributed by atoms with Crippen molar-refractivity contribution < 1.29 is 9.15 Å². The van der Waals surface area contributed by atoms with Crippen LogP contribution >= 0.6 is 0 Å². The highest BCUT2D eigenvalue weighted by Crippen LogP contribution is 2.24. The molecule has 0 aliphatic rings. The summed E-state index contributed by atoms with van der Waals surface area (Å²) in [6, 6.07) is 8.06. The Morgan fingerprint density at radius 3 is 2.41 bits per heavy atom. The minimum atomic E-state index is 0.158. The van der Waals surface area contributed by atoms with Gasteiger partial charge in [0.25, 0.3) is 5.89 Å². The maximum atomic E-state index is 5.52. The molecule has 0 fully saturated rings. The van der Waals surface area contributed by atoms with Gasteiger partial charge in [0.05, 0.1) is 0 Å². The summed E-state index contributed by atoms with van der Waals surface area (Å²) >= 11 is 0. The van der Waals surface area contributed by atoms with E-state index in [1.54, 1.807) is 0 Å². The summed E-state index contributed by atoms with van der Waals surface area (Å²) in [5, 5.41) is 7.33. The molecule has 0 unspecified atom stereocenters. The van der Waals surface area contributed by atoms with Crippen LogP contribution in [0, 0.1) is 0 Å². The molecule has 1 aromatic heterocycles. The van der Waals surface area contributed by atoms with E-state index in [4.69, 9.17) is 9.15 Å². The molecule has 2 rings (SSSR count). The lowest BCUT2D eigenvalue weighted by Gasteiger charge is -2.19. The number of ether oxygens (including phenoxy) is 1. The first-order valence-corrected chi connectivity index (χ1v) is 5.54. The standard InChI is InChI=1S/C13H16N2O2/c1-13(2,3)10-4-6-11(7-5-10)16-8-12-15-14-9-17-12/h4-7,9H,8H2,1-3H3. The topological polar surface area (TPSA) is 48.2 Å². The Morgan fingerprint density at radius 1 is 1.18 bits per heavy atom. The van der Waals surface area contributed by atoms with E-state index in [9.17, 15) is 0 Å². The van der Waals surface area contributed by atoms with E-state index in [1.165, 1.54) is 12.0 Å². The van der Waals surface area contributed by atoms with Gasteiger partial charge in [0, 0.05) is 0 Å². The van der Waals surface area contributed by atoms with Gasteiger partial charge >= 0.3 is 0 Å². The summed E-state index contributed by atoms with van der Waals surface area (Å²) in [6.07, 6.45) is 1.29. The van der Waals surface area contributed by atoms with Crippen LogP contribution in [0.25, 0.3) is 0 Å². The molecule has 0 atom stereocenters. The third-order valence-corrected chi connectivity index (χ3v) is 2.49. The summed E-state index contributed by atoms with van der Waals surface area (Å²) in [7, 11) is 0. The lowest BCUT2D eigenvalue weighted by molar-refractivity contribution is 0.263. The van der Waals surface area contributed by atoms with E-state index in [-0.39, 0.29) is 5.41 Å². The zero-order chi connectivity index (χ0) is 12.3. The smallest absolute Gasteiger partial charge is 0.253 e. The van der Waals surface area contributed by atoms with Crippen molar-refractivity contribution in [2.45, 2.75) is 32.8 Å². The van der Waals surface area contributed by atoms with Crippen LogP contribution in [0.2, 0.25) is 0 Å². The largest absolute Gasteiger partial charge is 0.484 e. The number of nitrogens with zero attached hydrogens (tertiary/aromatic N) is 2. The first-order valence-electron chi connectivity index (χ1n) is 5.54. The average Bonchev–Trinajstić information content (AvgIpc) is 2.78. The number of aromatic nitrogens is 2. The summed E-state index contributed by atoms with van der Waals surface area (Å²) < 4.78 is 10.5. The fraction of sp³-hybridized carbons (Fsp3) is 0.385. The Balaban J connectivity index is 1.99. The Morgan fingerprint density at radius 2 is 1.88 bits per heavy atom. The van der Waals surface area contributed by atoms with Crippen LogP contribution in [-0.4, -0.2) is 10.2 Å². The Kier molecular flexibility index (Phi) is 3.13. The summed E-state index contributed by atoms with van der Waals surface area (Å²) in [6.45, 7) is 6.85. The van der Waals surface area contributed by atoms with Crippen molar-refractivity contribution in [2.75, 3.05) is 0 Å². The summed E-state index contributed by atoms with van der Waals surface area (Å²) in [5.74, 6) is 1.28. The molecule has 4 heteroatoms. The first kappa shape index (κ1) is 11.6. The quantitative estimate of drug-likeness (QED) is 0.816. The van der Waals surface area contributed by atoms with Gasteiger partial charge in [-0.05, 0) is 23.1 Å². The van der Waals surface area contributed by atoms with E-state index < -0.39 is 0 Å². The van der Waals surface area contributed by atoms with E-state index in [1.807, 2.05) is 12.1 Å². The van der Waals surface area contributed by atoms with Gasteiger partial charge < -0.3 is 9.15 Å². The van der Waals surface area contributed by atoms with Crippen molar-refractivity contribution >= 4 is 0 Å². The molecule has 1 aromatic carbocycles. The molecule has 0 N–H and O–H groups in total. The van der Waals surface area contributed by atoms with Crippen molar-refractivity contribution in [2.24, 2.45) is 0 Å². The fourth-order valence-corrected chi connectivity index (χ4v) is 1.46. The van der Waals surface area contributed by atoms with Crippen molar-refractivity contribution in [3.63, 3.8) is 0 Å². The second-order valence-electron chi connectivity index (χ2n) is 4.90. The van der Waals surface area contributed by atoms with Gasteiger partial charge in [-0.2, -0.15) is 0 Å². The third kappa shape index (κ3) is 3.06. The molecule has 0 amide bonds. The highest BCUT2D eigenvalue weighted by molar-refractivity contribution is 5.31. The zero-order valence-electron chi connectivity index (χ0n) is 10.3. The van der Waals surface area contributed by atoms with Crippen molar-refractivity contribution in [1.82, 2.24) is 10.2 Å². The van der Waals surface area contributed by atoms with E-state index in [2.05, 4.69) is 43.1 Å². The summed E-state index contributed by atoms with van der Waals surface area (Å²) in [4.78, 5) is 0. The third-order valence-electron chi connectivity index (χ3n) is 2.49. The number of hydrogen-bond donors (Lipinski definition) is 0. The molecule has 0 saturated carbocycles. The summed E-state index contributed by atoms with van der Waals surface area (Å²) in [5.41, 5.74) is 1.44. The average molecular weight is 232 g/mol. The van der Waals surface area contributed by atoms with Gasteiger partial charge in [0.15, 0.2) is 6.61 Å². The van der Waals surface area contributed by atoms with Gasteiger partial charge in [0.2, 0.25) is 6.39 Å². The van der Waals surface area contributed by atoms with Crippen molar-refractivity contribution in [3.8, 4) is 5.75 Å². The van der Waals surface area contributed by atoms with E-state index >= 15 is 0 Å². The van der Waals surface area contributed by atoms with E-state index in [0.29, 0.717) is 12.5 Å². The molecule has 0 aliphatic heterocycles. The van der Waals surface area contributed by atoms with Crippen molar-refractivity contribution in [3.05, 3.63) is 42.1 Å². The molecule has 0 bridgehead atoms. The minimum Gasteiger partial charge on any atom is -0.484 e. The molecule has 90 valence electrons. The van der Waals surface area contributed by atoms with Gasteiger partial charge in [-0.15, -0.1) is 10.2 Å². The monoisotopic (exact) mass is 232 g/mol. The Labute approximate surface area is 101 Å². The predicted molar refractivity (Wildman–Crippen MR) is 63.8 cm³/mol. The second kappa shape index (κ2) is 4.57. The molecule has 2 aromatic rings. The van der Waals surface area contributed by atoms with Gasteiger partial charge in [-0.25, -0.2) is 0 Å². The van der Waals surface area contributed by atoms with Crippen molar-refractivity contribution in [1.29, 1.82) is 0 Å². The number of benzene rings is 1. The van der Waals surface area contributed by atoms with Crippen LogP contribution in [0.1, 0.15) is 32.2 Å². The maximum Gasteiger partial charge on any atom is 0.253 e. The first-order chi connectivity index (χ1) is 8.05. The molecule has 4 nitrogen and oxygen atoms in total. The van der Waals surface area contributed by atoms with Crippen LogP contribution in [0.5, 0.6) is 5.75 Å². The molecule has 17 heavy (non-hydrogen) atoms. The Hall–Kier alpha value is -1.84. The second-order valence-corrected chi connectivity index (χ2v) is 4.90. The van der Waals surface area contributed by atoms with Crippen LogP contribution in [0.4, 0.5) is 0 Å². The molecular weight excluding hydrogens is 216 g/mol. The minimum absolute atomic E-state index is 0.158. The molecule has 0 saturated heterocycles. The predicted octanol–water partition coefficient (Wildman–Crippen LogP) is 2.95. The molecule has 0 radical (unpaired) electrons. The van der Waals surface area contributed by atoms with Crippen LogP contribution in [-0.2, 0) is 12.0 Å². The van der Waals surface area contributed by atoms with Crippen LogP contribution in [0.15, 0.2) is 35.1 Å². The van der Waals surface area contributed by atoms with Gasteiger partial charge in [-0.3, -0.25) is 0 Å². The molecule has 1 heterocycles. The highest BCUT2D eigenvalue weighted by Gasteiger charge is 2.13. The van der Waals surface area contributed by atoms with Gasteiger partial charge in [-0.1, -0.05) is 32.9 Å². The maximum absolute atomic E-state index is 5.52. The van der Waals surface area contributed by atoms with E-state index in [0.717, 1.165) is 5.75 Å². The van der Waals surface area contributed by atoms with Crippen LogP contribution in [0.3, 0.4) is 0 Å². The van der Waals surface area contributed by atoms with Gasteiger partial charge in [0.1, 0.15) is 5.75 Å².